The van der Waals surface area contributed by atoms with E-state index in [0.717, 1.165) is 43.9 Å². The summed E-state index contributed by atoms with van der Waals surface area (Å²) in [6.07, 6.45) is 4.22. The molecule has 2 rings (SSSR count). The molecule has 146 valence electrons. The number of hydrogen-bond acceptors (Lipinski definition) is 3. The summed E-state index contributed by atoms with van der Waals surface area (Å²) in [4.78, 5) is 4.59. The third kappa shape index (κ3) is 6.80. The molecule has 0 saturated heterocycles. The molecule has 26 heavy (non-hydrogen) atoms. The summed E-state index contributed by atoms with van der Waals surface area (Å²) >= 11 is 6.08. The van der Waals surface area contributed by atoms with E-state index in [1.165, 1.54) is 0 Å². The Morgan fingerprint density at radius 2 is 2.15 bits per heavy atom. The van der Waals surface area contributed by atoms with Gasteiger partial charge in [-0.05, 0) is 38.3 Å². The van der Waals surface area contributed by atoms with Gasteiger partial charge < -0.3 is 15.4 Å². The number of ether oxygens (including phenoxy) is 1. The Balaban J connectivity index is 1.84. The highest BCUT2D eigenvalue weighted by molar-refractivity contribution is 7.85. The summed E-state index contributed by atoms with van der Waals surface area (Å²) in [6.45, 7) is 5.85. The summed E-state index contributed by atoms with van der Waals surface area (Å²) in [7, 11) is -0.716. The van der Waals surface area contributed by atoms with Crippen LogP contribution in [0.25, 0.3) is 0 Å². The topological polar surface area (TPSA) is 62.7 Å². The van der Waals surface area contributed by atoms with Crippen molar-refractivity contribution in [3.63, 3.8) is 0 Å². The highest BCUT2D eigenvalue weighted by atomic mass is 35.5. The average molecular weight is 400 g/mol. The fraction of sp³-hybridized carbons (Fsp3) is 0.632. The Morgan fingerprint density at radius 1 is 1.35 bits per heavy atom. The van der Waals surface area contributed by atoms with Crippen molar-refractivity contribution in [2.45, 2.75) is 50.8 Å². The Hall–Kier alpha value is -1.27. The van der Waals surface area contributed by atoms with Crippen LogP contribution in [0.15, 0.2) is 29.3 Å². The van der Waals surface area contributed by atoms with E-state index in [-0.39, 0.29) is 0 Å². The van der Waals surface area contributed by atoms with E-state index < -0.39 is 10.8 Å². The van der Waals surface area contributed by atoms with Crippen LogP contribution in [0.4, 0.5) is 0 Å². The summed E-state index contributed by atoms with van der Waals surface area (Å²) in [5, 5.41) is 7.69. The Kier molecular flexibility index (Phi) is 9.26. The van der Waals surface area contributed by atoms with E-state index >= 15 is 0 Å². The highest BCUT2D eigenvalue weighted by Gasteiger charge is 2.25. The number of guanidine groups is 1. The fourth-order valence-electron chi connectivity index (χ4n) is 3.14. The van der Waals surface area contributed by atoms with Crippen LogP contribution in [0, 0.1) is 0 Å². The number of nitrogens with one attached hydrogen (secondary N) is 2. The molecule has 1 aliphatic carbocycles. The lowest BCUT2D eigenvalue weighted by Gasteiger charge is -2.30. The maximum atomic E-state index is 12.1. The molecule has 0 amide bonds. The maximum Gasteiger partial charge on any atom is 0.191 e. The van der Waals surface area contributed by atoms with E-state index in [9.17, 15) is 4.21 Å². The molecule has 1 aromatic rings. The number of nitrogens with zero attached hydrogens (tertiary/aromatic N) is 1. The first kappa shape index (κ1) is 21.0. The molecule has 0 spiro atoms. The zero-order chi connectivity index (χ0) is 18.8. The van der Waals surface area contributed by atoms with Crippen molar-refractivity contribution < 1.29 is 8.95 Å². The molecule has 0 radical (unpaired) electrons. The van der Waals surface area contributed by atoms with Crippen molar-refractivity contribution in [1.29, 1.82) is 0 Å². The average Bonchev–Trinajstić information content (AvgIpc) is 2.66. The number of benzene rings is 1. The van der Waals surface area contributed by atoms with E-state index in [2.05, 4.69) is 15.6 Å². The van der Waals surface area contributed by atoms with Crippen LogP contribution in [0.3, 0.4) is 0 Å². The first-order chi connectivity index (χ1) is 12.6. The van der Waals surface area contributed by atoms with E-state index in [4.69, 9.17) is 16.3 Å². The van der Waals surface area contributed by atoms with Crippen LogP contribution in [0.1, 0.15) is 39.5 Å². The van der Waals surface area contributed by atoms with Crippen LogP contribution in [-0.4, -0.2) is 46.9 Å². The van der Waals surface area contributed by atoms with Crippen molar-refractivity contribution in [3.05, 3.63) is 29.3 Å². The summed E-state index contributed by atoms with van der Waals surface area (Å²) in [6, 6.07) is 7.77. The van der Waals surface area contributed by atoms with Gasteiger partial charge in [0.2, 0.25) is 0 Å². The number of rotatable bonds is 8. The summed E-state index contributed by atoms with van der Waals surface area (Å²) in [5.74, 6) is 2.22. The van der Waals surface area contributed by atoms with Crippen LogP contribution in [0.2, 0.25) is 5.02 Å². The molecule has 7 heteroatoms. The minimum absolute atomic E-state index is 0.303. The van der Waals surface area contributed by atoms with E-state index in [0.29, 0.717) is 35.2 Å². The second-order valence-corrected chi connectivity index (χ2v) is 8.75. The minimum atomic E-state index is -0.716. The molecule has 0 heterocycles. The van der Waals surface area contributed by atoms with Crippen molar-refractivity contribution >= 4 is 28.4 Å². The summed E-state index contributed by atoms with van der Waals surface area (Å²) < 4.78 is 17.8. The molecule has 1 aromatic carbocycles. The van der Waals surface area contributed by atoms with Gasteiger partial charge in [-0.2, -0.15) is 0 Å². The molecule has 1 fully saturated rings. The molecular formula is C19H30ClN3O2S. The van der Waals surface area contributed by atoms with Crippen molar-refractivity contribution in [2.24, 2.45) is 4.99 Å². The lowest BCUT2D eigenvalue weighted by molar-refractivity contribution is 0.328. The van der Waals surface area contributed by atoms with Gasteiger partial charge >= 0.3 is 0 Å². The molecule has 2 N–H and O–H groups in total. The Bertz CT molecular complexity index is 612. The standard InChI is InChI=1S/C19H30ClN3O2S/c1-3-21-19(22-12-13-25-18-11-6-5-10-17(18)20)23-15-8-7-9-16(14-15)26(24)4-2/h5-6,10-11,15-16H,3-4,7-9,12-14H2,1-2H3,(H2,21,22,23). The molecule has 0 aromatic heterocycles. The van der Waals surface area contributed by atoms with Crippen molar-refractivity contribution in [1.82, 2.24) is 10.6 Å². The number of hydrogen-bond donors (Lipinski definition) is 2. The second-order valence-electron chi connectivity index (χ2n) is 6.34. The highest BCUT2D eigenvalue weighted by Crippen LogP contribution is 2.23. The zero-order valence-corrected chi connectivity index (χ0v) is 17.2. The monoisotopic (exact) mass is 399 g/mol. The van der Waals surface area contributed by atoms with Crippen molar-refractivity contribution in [3.8, 4) is 5.75 Å². The predicted octanol–water partition coefficient (Wildman–Crippen LogP) is 3.35. The number of halogens is 1. The van der Waals surface area contributed by atoms with Gasteiger partial charge in [0.15, 0.2) is 5.96 Å². The minimum Gasteiger partial charge on any atom is -0.490 e. The third-order valence-corrected chi connectivity index (χ3v) is 6.48. The van der Waals surface area contributed by atoms with E-state index in [1.54, 1.807) is 0 Å². The molecular weight excluding hydrogens is 370 g/mol. The first-order valence-electron chi connectivity index (χ1n) is 9.43. The number of aliphatic imine (C=N–C) groups is 1. The summed E-state index contributed by atoms with van der Waals surface area (Å²) in [5.41, 5.74) is 0. The first-order valence-corrected chi connectivity index (χ1v) is 11.2. The SMILES string of the molecule is CCNC(=NCCOc1ccccc1Cl)NC1CCCC(S(=O)CC)C1. The lowest BCUT2D eigenvalue weighted by atomic mass is 9.95. The fourth-order valence-corrected chi connectivity index (χ4v) is 4.68. The maximum absolute atomic E-state index is 12.1. The van der Waals surface area contributed by atoms with Crippen LogP contribution in [0.5, 0.6) is 5.75 Å². The van der Waals surface area contributed by atoms with Gasteiger partial charge in [-0.25, -0.2) is 4.99 Å². The smallest absolute Gasteiger partial charge is 0.191 e. The van der Waals surface area contributed by atoms with Gasteiger partial charge in [0, 0.05) is 34.4 Å². The molecule has 0 bridgehead atoms. The van der Waals surface area contributed by atoms with Gasteiger partial charge in [-0.15, -0.1) is 0 Å². The van der Waals surface area contributed by atoms with Crippen LogP contribution >= 0.6 is 11.6 Å². The largest absolute Gasteiger partial charge is 0.490 e. The second kappa shape index (κ2) is 11.4. The van der Waals surface area contributed by atoms with Crippen LogP contribution < -0.4 is 15.4 Å². The predicted molar refractivity (Wildman–Crippen MR) is 111 cm³/mol. The molecule has 1 saturated carbocycles. The molecule has 0 aliphatic heterocycles. The molecule has 3 atom stereocenters. The van der Waals surface area contributed by atoms with Gasteiger partial charge in [0.1, 0.15) is 12.4 Å². The zero-order valence-electron chi connectivity index (χ0n) is 15.7. The number of para-hydroxylation sites is 1. The quantitative estimate of drug-likeness (QED) is 0.399. The Labute approximate surface area is 164 Å². The molecule has 3 unspecified atom stereocenters. The molecule has 5 nitrogen and oxygen atoms in total. The van der Waals surface area contributed by atoms with Gasteiger partial charge in [-0.3, -0.25) is 4.21 Å². The van der Waals surface area contributed by atoms with Crippen LogP contribution in [-0.2, 0) is 10.8 Å². The van der Waals surface area contributed by atoms with Gasteiger partial charge in [0.05, 0.1) is 11.6 Å². The lowest BCUT2D eigenvalue weighted by Crippen LogP contribution is -2.46. The normalized spacial score (nSPS) is 21.9. The third-order valence-electron chi connectivity index (χ3n) is 4.42. The van der Waals surface area contributed by atoms with Crippen molar-refractivity contribution in [2.75, 3.05) is 25.4 Å². The van der Waals surface area contributed by atoms with Gasteiger partial charge in [0.25, 0.3) is 0 Å². The van der Waals surface area contributed by atoms with E-state index in [1.807, 2.05) is 38.1 Å². The van der Waals surface area contributed by atoms with Gasteiger partial charge in [-0.1, -0.05) is 37.1 Å². The molecule has 1 aliphatic rings. The Morgan fingerprint density at radius 3 is 2.88 bits per heavy atom.